The summed E-state index contributed by atoms with van der Waals surface area (Å²) in [7, 11) is 1.57. The Morgan fingerprint density at radius 2 is 1.77 bits per heavy atom. The second kappa shape index (κ2) is 10.3. The molecule has 0 unspecified atom stereocenters. The number of ether oxygens (including phenoxy) is 1. The first-order valence-electron chi connectivity index (χ1n) is 9.67. The summed E-state index contributed by atoms with van der Waals surface area (Å²) in [5.74, 6) is -0.799. The van der Waals surface area contributed by atoms with E-state index in [0.717, 1.165) is 31.6 Å². The normalized spacial score (nSPS) is 13.2. The third-order valence-electron chi connectivity index (χ3n) is 4.72. The lowest BCUT2D eigenvalue weighted by Crippen LogP contribution is -2.30. The fourth-order valence-corrected chi connectivity index (χ4v) is 3.44. The molecule has 0 saturated carbocycles. The second-order valence-electron chi connectivity index (χ2n) is 6.88. The number of benzene rings is 2. The first-order chi connectivity index (χ1) is 14.5. The van der Waals surface area contributed by atoms with Crippen molar-refractivity contribution < 1.29 is 18.7 Å². The van der Waals surface area contributed by atoms with Gasteiger partial charge < -0.3 is 25.6 Å². The highest BCUT2D eigenvalue weighted by Gasteiger charge is 2.20. The van der Waals surface area contributed by atoms with Crippen molar-refractivity contribution in [1.82, 2.24) is 5.32 Å². The predicted molar refractivity (Wildman–Crippen MR) is 116 cm³/mol. The summed E-state index contributed by atoms with van der Waals surface area (Å²) in [5, 5.41) is 8.03. The average Bonchev–Trinajstić information content (AvgIpc) is 3.25. The quantitative estimate of drug-likeness (QED) is 0.573. The van der Waals surface area contributed by atoms with Gasteiger partial charge in [0.25, 0.3) is 5.91 Å². The minimum atomic E-state index is -0.566. The van der Waals surface area contributed by atoms with Gasteiger partial charge in [-0.3, -0.25) is 4.79 Å². The van der Waals surface area contributed by atoms with Crippen LogP contribution in [-0.4, -0.2) is 45.3 Å². The number of carbonyl (C=O) groups excluding carboxylic acids is 2. The van der Waals surface area contributed by atoms with E-state index in [4.69, 9.17) is 16.3 Å². The van der Waals surface area contributed by atoms with Crippen molar-refractivity contribution in [3.8, 4) is 0 Å². The number of urea groups is 1. The van der Waals surface area contributed by atoms with Crippen LogP contribution in [-0.2, 0) is 4.74 Å². The molecule has 0 radical (unpaired) electrons. The van der Waals surface area contributed by atoms with Gasteiger partial charge in [0, 0.05) is 43.8 Å². The number of amides is 3. The molecule has 9 heteroatoms. The summed E-state index contributed by atoms with van der Waals surface area (Å²) in [6.45, 7) is 2.57. The molecule has 1 aliphatic heterocycles. The Labute approximate surface area is 179 Å². The number of nitrogens with one attached hydrogen (secondary N) is 3. The number of rotatable bonds is 7. The SMILES string of the molecule is COCCNC(=O)c1cc(NC(=O)Nc2ccc(F)c(Cl)c2)ccc1N1CCCC1. The maximum absolute atomic E-state index is 13.3. The molecule has 0 aromatic heterocycles. The van der Waals surface area contributed by atoms with E-state index >= 15 is 0 Å². The zero-order valence-corrected chi connectivity index (χ0v) is 17.4. The molecule has 0 bridgehead atoms. The molecule has 0 spiro atoms. The van der Waals surface area contributed by atoms with Crippen LogP contribution in [0.15, 0.2) is 36.4 Å². The topological polar surface area (TPSA) is 82.7 Å². The molecule has 160 valence electrons. The Morgan fingerprint density at radius 1 is 1.10 bits per heavy atom. The van der Waals surface area contributed by atoms with Crippen LogP contribution in [0.1, 0.15) is 23.2 Å². The van der Waals surface area contributed by atoms with Crippen LogP contribution in [0.5, 0.6) is 0 Å². The largest absolute Gasteiger partial charge is 0.383 e. The van der Waals surface area contributed by atoms with Gasteiger partial charge in [-0.2, -0.15) is 0 Å². The number of nitrogens with zero attached hydrogens (tertiary/aromatic N) is 1. The molecule has 0 atom stereocenters. The molecule has 1 fully saturated rings. The van der Waals surface area contributed by atoms with Crippen LogP contribution >= 0.6 is 11.6 Å². The monoisotopic (exact) mass is 434 g/mol. The molecule has 1 heterocycles. The van der Waals surface area contributed by atoms with Crippen molar-refractivity contribution in [2.24, 2.45) is 0 Å². The lowest BCUT2D eigenvalue weighted by molar-refractivity contribution is 0.0937. The highest BCUT2D eigenvalue weighted by atomic mass is 35.5. The predicted octanol–water partition coefficient (Wildman–Crippen LogP) is 4.10. The zero-order chi connectivity index (χ0) is 21.5. The summed E-state index contributed by atoms with van der Waals surface area (Å²) in [6, 6.07) is 8.60. The smallest absolute Gasteiger partial charge is 0.323 e. The van der Waals surface area contributed by atoms with Crippen LogP contribution in [0.25, 0.3) is 0 Å². The molecule has 0 aliphatic carbocycles. The third kappa shape index (κ3) is 5.61. The molecule has 1 aliphatic rings. The maximum Gasteiger partial charge on any atom is 0.323 e. The van der Waals surface area contributed by atoms with Crippen molar-refractivity contribution in [1.29, 1.82) is 0 Å². The summed E-state index contributed by atoms with van der Waals surface area (Å²) < 4.78 is 18.3. The minimum Gasteiger partial charge on any atom is -0.383 e. The van der Waals surface area contributed by atoms with Gasteiger partial charge in [-0.25, -0.2) is 9.18 Å². The summed E-state index contributed by atoms with van der Waals surface area (Å²) in [6.07, 6.45) is 2.15. The first kappa shape index (κ1) is 21.9. The van der Waals surface area contributed by atoms with E-state index in [1.54, 1.807) is 19.2 Å². The Morgan fingerprint density at radius 3 is 2.43 bits per heavy atom. The van der Waals surface area contributed by atoms with Gasteiger partial charge in [-0.1, -0.05) is 11.6 Å². The van der Waals surface area contributed by atoms with Crippen LogP contribution < -0.4 is 20.9 Å². The number of hydrogen-bond donors (Lipinski definition) is 3. The lowest BCUT2D eigenvalue weighted by Gasteiger charge is -2.22. The molecular formula is C21H24ClFN4O3. The standard InChI is InChI=1S/C21H24ClFN4O3/c1-30-11-8-24-20(28)16-12-14(5-7-19(16)27-9-2-3-10-27)25-21(29)26-15-4-6-18(23)17(22)13-15/h4-7,12-13H,2-3,8-11H2,1H3,(H,24,28)(H2,25,26,29). The van der Waals surface area contributed by atoms with Crippen LogP contribution in [0.3, 0.4) is 0 Å². The Balaban J connectivity index is 1.75. The minimum absolute atomic E-state index is 0.0854. The molecule has 3 amide bonds. The Kier molecular flexibility index (Phi) is 7.48. The Bertz CT molecular complexity index is 919. The Hall–Kier alpha value is -2.84. The molecule has 3 rings (SSSR count). The van der Waals surface area contributed by atoms with Gasteiger partial charge in [-0.05, 0) is 49.2 Å². The van der Waals surface area contributed by atoms with Gasteiger partial charge in [0.15, 0.2) is 0 Å². The number of hydrogen-bond acceptors (Lipinski definition) is 4. The van der Waals surface area contributed by atoms with E-state index in [2.05, 4.69) is 20.9 Å². The van der Waals surface area contributed by atoms with Gasteiger partial charge in [0.2, 0.25) is 0 Å². The van der Waals surface area contributed by atoms with Crippen molar-refractivity contribution in [2.75, 3.05) is 48.9 Å². The van der Waals surface area contributed by atoms with Crippen molar-refractivity contribution in [3.05, 3.63) is 52.8 Å². The van der Waals surface area contributed by atoms with Crippen LogP contribution in [0.4, 0.5) is 26.2 Å². The number of methoxy groups -OCH3 is 1. The molecule has 1 saturated heterocycles. The van der Waals surface area contributed by atoms with Gasteiger partial charge in [-0.15, -0.1) is 0 Å². The first-order valence-corrected chi connectivity index (χ1v) is 10.0. The van der Waals surface area contributed by atoms with E-state index < -0.39 is 11.8 Å². The second-order valence-corrected chi connectivity index (χ2v) is 7.29. The molecule has 7 nitrogen and oxygen atoms in total. The van der Waals surface area contributed by atoms with E-state index in [9.17, 15) is 14.0 Å². The van der Waals surface area contributed by atoms with Crippen LogP contribution in [0, 0.1) is 5.82 Å². The van der Waals surface area contributed by atoms with Gasteiger partial charge in [0.1, 0.15) is 5.82 Å². The number of carbonyl (C=O) groups is 2. The molecule has 3 N–H and O–H groups in total. The van der Waals surface area contributed by atoms with Crippen molar-refractivity contribution >= 4 is 40.6 Å². The van der Waals surface area contributed by atoms with E-state index in [0.29, 0.717) is 30.1 Å². The fraction of sp³-hybridized carbons (Fsp3) is 0.333. The average molecular weight is 435 g/mol. The van der Waals surface area contributed by atoms with E-state index in [1.165, 1.54) is 18.2 Å². The highest BCUT2D eigenvalue weighted by Crippen LogP contribution is 2.28. The van der Waals surface area contributed by atoms with E-state index in [1.807, 2.05) is 6.07 Å². The lowest BCUT2D eigenvalue weighted by atomic mass is 10.1. The fourth-order valence-electron chi connectivity index (χ4n) is 3.26. The molecule has 30 heavy (non-hydrogen) atoms. The van der Waals surface area contributed by atoms with Crippen LogP contribution in [0.2, 0.25) is 5.02 Å². The van der Waals surface area contributed by atoms with Gasteiger partial charge in [0.05, 0.1) is 17.2 Å². The highest BCUT2D eigenvalue weighted by molar-refractivity contribution is 6.31. The van der Waals surface area contributed by atoms with E-state index in [-0.39, 0.29) is 10.9 Å². The maximum atomic E-state index is 13.3. The van der Waals surface area contributed by atoms with Crippen molar-refractivity contribution in [2.45, 2.75) is 12.8 Å². The van der Waals surface area contributed by atoms with Gasteiger partial charge >= 0.3 is 6.03 Å². The number of anilines is 3. The third-order valence-corrected chi connectivity index (χ3v) is 5.00. The van der Waals surface area contributed by atoms with Crippen molar-refractivity contribution in [3.63, 3.8) is 0 Å². The molecule has 2 aromatic carbocycles. The molecule has 2 aromatic rings. The summed E-state index contributed by atoms with van der Waals surface area (Å²) in [5.41, 5.74) is 2.12. The summed E-state index contributed by atoms with van der Waals surface area (Å²) in [4.78, 5) is 27.2. The zero-order valence-electron chi connectivity index (χ0n) is 16.6. The number of halogens is 2. The molecular weight excluding hydrogens is 411 g/mol. The summed E-state index contributed by atoms with van der Waals surface area (Å²) >= 11 is 5.74.